The average Bonchev–Trinajstić information content (AvgIpc) is 2.30. The van der Waals surface area contributed by atoms with Crippen molar-refractivity contribution in [3.05, 3.63) is 0 Å². The molecule has 5 nitrogen and oxygen atoms in total. The highest BCUT2D eigenvalue weighted by Gasteiger charge is 2.43. The van der Waals surface area contributed by atoms with Gasteiger partial charge in [-0.05, 0) is 38.5 Å². The second kappa shape index (κ2) is 5.49. The zero-order valence-corrected chi connectivity index (χ0v) is 10.7. The van der Waals surface area contributed by atoms with Crippen LogP contribution in [0.15, 0.2) is 0 Å². The third kappa shape index (κ3) is 3.19. The van der Waals surface area contributed by atoms with Crippen LogP contribution in [-0.2, 0) is 14.3 Å². The van der Waals surface area contributed by atoms with Gasteiger partial charge in [0.2, 0.25) is 5.91 Å². The highest BCUT2D eigenvalue weighted by atomic mass is 16.5. The van der Waals surface area contributed by atoms with E-state index in [0.717, 1.165) is 12.8 Å². The number of carboxylic acids is 1. The number of carboxylic acid groups (broad SMARTS) is 1. The van der Waals surface area contributed by atoms with Crippen molar-refractivity contribution in [2.24, 2.45) is 5.92 Å². The van der Waals surface area contributed by atoms with Crippen molar-refractivity contribution in [3.8, 4) is 0 Å². The van der Waals surface area contributed by atoms with Crippen LogP contribution in [0.5, 0.6) is 0 Å². The molecule has 1 fully saturated rings. The molecule has 0 aromatic rings. The first-order valence-electron chi connectivity index (χ1n) is 5.99. The van der Waals surface area contributed by atoms with E-state index in [2.05, 4.69) is 12.2 Å². The standard InChI is InChI=1S/C12H21NO4/c1-8-4-6-12(7-5-8,11(15)16)13-10(14)9(2)17-3/h8-9H,4-7H2,1-3H3,(H,13,14)(H,15,16). The zero-order chi connectivity index (χ0) is 13.1. The summed E-state index contributed by atoms with van der Waals surface area (Å²) in [7, 11) is 1.43. The summed E-state index contributed by atoms with van der Waals surface area (Å²) in [5.74, 6) is -0.773. The second-order valence-corrected chi connectivity index (χ2v) is 4.94. The fraction of sp³-hybridized carbons (Fsp3) is 0.833. The summed E-state index contributed by atoms with van der Waals surface area (Å²) in [5.41, 5.74) is -1.10. The van der Waals surface area contributed by atoms with E-state index in [4.69, 9.17) is 4.74 Å². The smallest absolute Gasteiger partial charge is 0.329 e. The number of rotatable bonds is 4. The predicted molar refractivity (Wildman–Crippen MR) is 62.6 cm³/mol. The highest BCUT2D eigenvalue weighted by molar-refractivity contribution is 5.89. The number of nitrogens with one attached hydrogen (secondary N) is 1. The normalized spacial score (nSPS) is 30.6. The summed E-state index contributed by atoms with van der Waals surface area (Å²) < 4.78 is 4.89. The van der Waals surface area contributed by atoms with Gasteiger partial charge in [-0.15, -0.1) is 0 Å². The number of aliphatic carboxylic acids is 1. The van der Waals surface area contributed by atoms with Crippen LogP contribution in [0.2, 0.25) is 0 Å². The first-order valence-corrected chi connectivity index (χ1v) is 5.99. The largest absolute Gasteiger partial charge is 0.480 e. The maximum absolute atomic E-state index is 11.7. The molecular weight excluding hydrogens is 222 g/mol. The van der Waals surface area contributed by atoms with Crippen LogP contribution in [0, 0.1) is 5.92 Å². The monoisotopic (exact) mass is 243 g/mol. The van der Waals surface area contributed by atoms with Crippen molar-refractivity contribution in [2.45, 2.75) is 51.2 Å². The summed E-state index contributed by atoms with van der Waals surface area (Å²) >= 11 is 0. The molecule has 0 radical (unpaired) electrons. The molecule has 0 aromatic carbocycles. The van der Waals surface area contributed by atoms with Gasteiger partial charge in [0.15, 0.2) is 0 Å². The SMILES string of the molecule is COC(C)C(=O)NC1(C(=O)O)CCC(C)CC1. The van der Waals surface area contributed by atoms with E-state index in [9.17, 15) is 14.7 Å². The Labute approximate surface area is 102 Å². The van der Waals surface area contributed by atoms with Crippen molar-refractivity contribution in [1.29, 1.82) is 0 Å². The number of hydrogen-bond acceptors (Lipinski definition) is 3. The Morgan fingerprint density at radius 1 is 1.41 bits per heavy atom. The average molecular weight is 243 g/mol. The van der Waals surface area contributed by atoms with E-state index >= 15 is 0 Å². The van der Waals surface area contributed by atoms with Gasteiger partial charge < -0.3 is 15.2 Å². The number of methoxy groups -OCH3 is 1. The molecule has 0 aromatic heterocycles. The first kappa shape index (κ1) is 14.0. The zero-order valence-electron chi connectivity index (χ0n) is 10.7. The van der Waals surface area contributed by atoms with Gasteiger partial charge in [-0.2, -0.15) is 0 Å². The molecule has 0 saturated heterocycles. The van der Waals surface area contributed by atoms with Gasteiger partial charge in [0.1, 0.15) is 11.6 Å². The fourth-order valence-electron chi connectivity index (χ4n) is 2.09. The van der Waals surface area contributed by atoms with Crippen LogP contribution in [0.1, 0.15) is 39.5 Å². The molecular formula is C12H21NO4. The number of amides is 1. The van der Waals surface area contributed by atoms with Crippen molar-refractivity contribution < 1.29 is 19.4 Å². The summed E-state index contributed by atoms with van der Waals surface area (Å²) in [6.07, 6.45) is 2.02. The molecule has 17 heavy (non-hydrogen) atoms. The van der Waals surface area contributed by atoms with E-state index in [1.165, 1.54) is 7.11 Å². The van der Waals surface area contributed by atoms with Crippen LogP contribution >= 0.6 is 0 Å². The van der Waals surface area contributed by atoms with Gasteiger partial charge in [-0.1, -0.05) is 6.92 Å². The van der Waals surface area contributed by atoms with Gasteiger partial charge in [-0.3, -0.25) is 4.79 Å². The molecule has 1 rings (SSSR count). The lowest BCUT2D eigenvalue weighted by Crippen LogP contribution is -2.58. The van der Waals surface area contributed by atoms with Gasteiger partial charge in [0.25, 0.3) is 0 Å². The Morgan fingerprint density at radius 2 is 1.94 bits per heavy atom. The lowest BCUT2D eigenvalue weighted by atomic mass is 9.77. The Bertz CT molecular complexity index is 295. The molecule has 1 atom stereocenters. The van der Waals surface area contributed by atoms with Gasteiger partial charge in [0.05, 0.1) is 0 Å². The number of ether oxygens (including phenoxy) is 1. The van der Waals surface area contributed by atoms with Gasteiger partial charge in [-0.25, -0.2) is 4.79 Å². The molecule has 1 amide bonds. The van der Waals surface area contributed by atoms with E-state index in [0.29, 0.717) is 18.8 Å². The first-order chi connectivity index (χ1) is 7.91. The lowest BCUT2D eigenvalue weighted by molar-refractivity contribution is -0.151. The molecule has 0 bridgehead atoms. The van der Waals surface area contributed by atoms with Gasteiger partial charge >= 0.3 is 5.97 Å². The predicted octanol–water partition coefficient (Wildman–Crippen LogP) is 1.17. The van der Waals surface area contributed by atoms with Gasteiger partial charge in [0, 0.05) is 7.11 Å². The van der Waals surface area contributed by atoms with Crippen LogP contribution in [-0.4, -0.2) is 35.7 Å². The van der Waals surface area contributed by atoms with Crippen LogP contribution in [0.3, 0.4) is 0 Å². The third-order valence-corrected chi connectivity index (χ3v) is 3.62. The van der Waals surface area contributed by atoms with Crippen molar-refractivity contribution in [1.82, 2.24) is 5.32 Å². The lowest BCUT2D eigenvalue weighted by Gasteiger charge is -2.36. The Hall–Kier alpha value is -1.10. The van der Waals surface area contributed by atoms with Crippen molar-refractivity contribution in [3.63, 3.8) is 0 Å². The van der Waals surface area contributed by atoms with E-state index in [-0.39, 0.29) is 5.91 Å². The number of hydrogen-bond donors (Lipinski definition) is 2. The molecule has 1 saturated carbocycles. The van der Waals surface area contributed by atoms with Crippen molar-refractivity contribution in [2.75, 3.05) is 7.11 Å². The van der Waals surface area contributed by atoms with E-state index in [1.807, 2.05) is 0 Å². The quantitative estimate of drug-likeness (QED) is 0.777. The summed E-state index contributed by atoms with van der Waals surface area (Å²) in [6, 6.07) is 0. The van der Waals surface area contributed by atoms with Crippen molar-refractivity contribution >= 4 is 11.9 Å². The molecule has 5 heteroatoms. The topological polar surface area (TPSA) is 75.6 Å². The van der Waals surface area contributed by atoms with Crippen LogP contribution in [0.4, 0.5) is 0 Å². The summed E-state index contributed by atoms with van der Waals surface area (Å²) in [4.78, 5) is 23.1. The minimum atomic E-state index is -1.10. The third-order valence-electron chi connectivity index (χ3n) is 3.62. The highest BCUT2D eigenvalue weighted by Crippen LogP contribution is 2.32. The maximum atomic E-state index is 11.7. The van der Waals surface area contributed by atoms with E-state index < -0.39 is 17.6 Å². The minimum Gasteiger partial charge on any atom is -0.480 e. The number of carbonyl (C=O) groups is 2. The van der Waals surface area contributed by atoms with E-state index in [1.54, 1.807) is 6.92 Å². The molecule has 0 heterocycles. The Balaban J connectivity index is 2.73. The van der Waals surface area contributed by atoms with Crippen LogP contribution < -0.4 is 5.32 Å². The molecule has 0 aliphatic heterocycles. The molecule has 0 spiro atoms. The summed E-state index contributed by atoms with van der Waals surface area (Å²) in [5, 5.41) is 12.0. The molecule has 1 unspecified atom stereocenters. The maximum Gasteiger partial charge on any atom is 0.329 e. The Morgan fingerprint density at radius 3 is 2.35 bits per heavy atom. The molecule has 98 valence electrons. The molecule has 1 aliphatic rings. The Kier molecular flexibility index (Phi) is 4.51. The molecule has 1 aliphatic carbocycles. The van der Waals surface area contributed by atoms with Crippen LogP contribution in [0.25, 0.3) is 0 Å². The second-order valence-electron chi connectivity index (χ2n) is 4.94. The summed E-state index contributed by atoms with van der Waals surface area (Å²) in [6.45, 7) is 3.71. The fourth-order valence-corrected chi connectivity index (χ4v) is 2.09. The molecule has 2 N–H and O–H groups in total. The number of carbonyl (C=O) groups excluding carboxylic acids is 1. The minimum absolute atomic E-state index is 0.357.